The summed E-state index contributed by atoms with van der Waals surface area (Å²) in [5, 5.41) is 1.88. The molecule has 166 valence electrons. The van der Waals surface area contributed by atoms with Gasteiger partial charge in [0.05, 0.1) is 28.6 Å². The molecule has 2 aromatic rings. The minimum absolute atomic E-state index is 0.101. The second-order valence-electron chi connectivity index (χ2n) is 6.84. The lowest BCUT2D eigenvalue weighted by Crippen LogP contribution is -2.43. The smallest absolute Gasteiger partial charge is 0.399 e. The predicted octanol–water partition coefficient (Wildman–Crippen LogP) is 6.35. The monoisotopic (exact) mass is 493 g/mol. The van der Waals surface area contributed by atoms with Crippen molar-refractivity contribution < 1.29 is 27.1 Å². The summed E-state index contributed by atoms with van der Waals surface area (Å²) < 4.78 is 59.8. The van der Waals surface area contributed by atoms with Crippen LogP contribution in [0.25, 0.3) is 6.08 Å². The Balaban J connectivity index is 1.87. The summed E-state index contributed by atoms with van der Waals surface area (Å²) in [4.78, 5) is 12.4. The lowest BCUT2D eigenvalue weighted by Gasteiger charge is -2.26. The number of carbonyl (C=O) groups is 1. The van der Waals surface area contributed by atoms with E-state index in [4.69, 9.17) is 27.9 Å². The topological polar surface area (TPSA) is 38.3 Å². The molecule has 2 aromatic carbocycles. The largest absolute Gasteiger partial charge is 0.496 e. The zero-order valence-electron chi connectivity index (χ0n) is 16.1. The molecule has 0 spiro atoms. The Labute approximate surface area is 190 Å². The molecule has 10 heteroatoms. The first kappa shape index (κ1) is 23.8. The van der Waals surface area contributed by atoms with Gasteiger partial charge in [-0.2, -0.15) is 24.9 Å². The highest BCUT2D eigenvalue weighted by molar-refractivity contribution is 8.00. The number of hydrogen-bond donors (Lipinski definition) is 1. The molecule has 31 heavy (non-hydrogen) atoms. The van der Waals surface area contributed by atoms with Gasteiger partial charge in [-0.15, -0.1) is 0 Å². The van der Waals surface area contributed by atoms with E-state index in [2.05, 4.69) is 5.32 Å². The Morgan fingerprint density at radius 3 is 2.39 bits per heavy atom. The average molecular weight is 494 g/mol. The maximum atomic E-state index is 13.6. The number of ether oxygens (including phenoxy) is 1. The number of rotatable bonds is 6. The second kappa shape index (κ2) is 9.71. The number of hydrogen-bond acceptors (Lipinski definition) is 3. The van der Waals surface area contributed by atoms with Gasteiger partial charge in [-0.1, -0.05) is 41.4 Å². The molecular formula is C21H17Cl2F4NO2S. The minimum Gasteiger partial charge on any atom is -0.496 e. The Morgan fingerprint density at radius 1 is 1.23 bits per heavy atom. The predicted molar refractivity (Wildman–Crippen MR) is 116 cm³/mol. The number of halogens is 6. The Morgan fingerprint density at radius 2 is 1.87 bits per heavy atom. The molecule has 0 aliphatic carbocycles. The van der Waals surface area contributed by atoms with Gasteiger partial charge in [-0.05, 0) is 35.4 Å². The van der Waals surface area contributed by atoms with Crippen molar-refractivity contribution in [3.05, 3.63) is 69.0 Å². The van der Waals surface area contributed by atoms with Crippen molar-refractivity contribution in [2.75, 3.05) is 18.6 Å². The third-order valence-electron chi connectivity index (χ3n) is 4.64. The SMILES string of the molecule is COc1cc(/C=C/C(c2cc(Cl)c(F)c(Cl)c2)C(F)(F)F)ccc1C(=O)NC1CSC1. The van der Waals surface area contributed by atoms with Crippen LogP contribution in [0.15, 0.2) is 36.4 Å². The molecule has 3 rings (SSSR count). The highest BCUT2D eigenvalue weighted by Crippen LogP contribution is 2.39. The summed E-state index contributed by atoms with van der Waals surface area (Å²) >= 11 is 13.0. The molecule has 0 saturated carbocycles. The first-order chi connectivity index (χ1) is 14.6. The van der Waals surface area contributed by atoms with Crippen LogP contribution in [0.2, 0.25) is 10.0 Å². The normalized spacial score (nSPS) is 15.6. The number of nitrogens with one attached hydrogen (secondary N) is 1. The molecule has 1 amide bonds. The van der Waals surface area contributed by atoms with Gasteiger partial charge in [0.2, 0.25) is 0 Å². The molecule has 0 aromatic heterocycles. The number of carbonyl (C=O) groups excluding carboxylic acids is 1. The van der Waals surface area contributed by atoms with Crippen molar-refractivity contribution in [3.63, 3.8) is 0 Å². The van der Waals surface area contributed by atoms with Crippen LogP contribution in [0.1, 0.15) is 27.4 Å². The van der Waals surface area contributed by atoms with Crippen molar-refractivity contribution in [3.8, 4) is 5.75 Å². The van der Waals surface area contributed by atoms with Crippen LogP contribution < -0.4 is 10.1 Å². The third-order valence-corrected chi connectivity index (χ3v) is 6.47. The van der Waals surface area contributed by atoms with Gasteiger partial charge < -0.3 is 10.1 Å². The van der Waals surface area contributed by atoms with E-state index in [0.717, 1.165) is 29.7 Å². The summed E-state index contributed by atoms with van der Waals surface area (Å²) in [6.45, 7) is 0. The van der Waals surface area contributed by atoms with Gasteiger partial charge in [0.15, 0.2) is 5.82 Å². The fourth-order valence-electron chi connectivity index (χ4n) is 2.95. The summed E-state index contributed by atoms with van der Waals surface area (Å²) in [6.07, 6.45) is -2.50. The molecule has 0 bridgehead atoms. The third kappa shape index (κ3) is 5.67. The lowest BCUT2D eigenvalue weighted by molar-refractivity contribution is -0.139. The zero-order valence-corrected chi connectivity index (χ0v) is 18.4. The van der Waals surface area contributed by atoms with Crippen molar-refractivity contribution in [1.82, 2.24) is 5.32 Å². The van der Waals surface area contributed by atoms with E-state index in [1.807, 2.05) is 0 Å². The number of alkyl halides is 3. The fraction of sp³-hybridized carbons (Fsp3) is 0.286. The molecule has 1 fully saturated rings. The van der Waals surface area contributed by atoms with Crippen LogP contribution in [0.3, 0.4) is 0 Å². The maximum absolute atomic E-state index is 13.6. The van der Waals surface area contributed by atoms with E-state index in [9.17, 15) is 22.4 Å². The second-order valence-corrected chi connectivity index (χ2v) is 8.73. The summed E-state index contributed by atoms with van der Waals surface area (Å²) in [5.41, 5.74) is 0.392. The number of methoxy groups -OCH3 is 1. The van der Waals surface area contributed by atoms with E-state index in [1.165, 1.54) is 31.4 Å². The zero-order chi connectivity index (χ0) is 22.8. The van der Waals surface area contributed by atoms with Crippen molar-refractivity contribution in [2.45, 2.75) is 18.1 Å². The maximum Gasteiger partial charge on any atom is 0.399 e. The first-order valence-electron chi connectivity index (χ1n) is 9.06. The van der Waals surface area contributed by atoms with Gasteiger partial charge in [0, 0.05) is 17.5 Å². The highest BCUT2D eigenvalue weighted by atomic mass is 35.5. The van der Waals surface area contributed by atoms with E-state index in [0.29, 0.717) is 11.1 Å². The van der Waals surface area contributed by atoms with Gasteiger partial charge in [0.1, 0.15) is 5.75 Å². The lowest BCUT2D eigenvalue weighted by atomic mass is 9.96. The van der Waals surface area contributed by atoms with Crippen molar-refractivity contribution >= 4 is 46.9 Å². The molecule has 1 N–H and O–H groups in total. The number of thioether (sulfide) groups is 1. The number of benzene rings is 2. The van der Waals surface area contributed by atoms with Gasteiger partial charge in [-0.25, -0.2) is 4.39 Å². The highest BCUT2D eigenvalue weighted by Gasteiger charge is 2.39. The fourth-order valence-corrected chi connectivity index (χ4v) is 4.09. The van der Waals surface area contributed by atoms with Crippen LogP contribution >= 0.6 is 35.0 Å². The Hall–Kier alpha value is -1.90. The van der Waals surface area contributed by atoms with Gasteiger partial charge in [0.25, 0.3) is 5.91 Å². The first-order valence-corrected chi connectivity index (χ1v) is 11.0. The molecule has 1 heterocycles. The summed E-state index contributed by atoms with van der Waals surface area (Å²) in [5.74, 6) is -1.43. The molecule has 1 aliphatic rings. The van der Waals surface area contributed by atoms with Crippen LogP contribution in [0, 0.1) is 5.82 Å². The van der Waals surface area contributed by atoms with Crippen LogP contribution in [0.5, 0.6) is 5.75 Å². The van der Waals surface area contributed by atoms with Crippen molar-refractivity contribution in [1.29, 1.82) is 0 Å². The number of amides is 1. The van der Waals surface area contributed by atoms with Crippen LogP contribution in [0.4, 0.5) is 17.6 Å². The molecule has 3 nitrogen and oxygen atoms in total. The quantitative estimate of drug-likeness (QED) is 0.376. The van der Waals surface area contributed by atoms with Gasteiger partial charge >= 0.3 is 6.18 Å². The molecule has 1 unspecified atom stereocenters. The standard InChI is InChI=1S/C21H17Cl2F4NO2S/c1-30-18-6-11(2-4-14(18)20(29)28-13-9-31-10-13)3-5-15(21(25,26)27)12-7-16(22)19(24)17(23)8-12/h2-8,13,15H,9-10H2,1H3,(H,28,29)/b5-3+. The molecular weight excluding hydrogens is 477 g/mol. The van der Waals surface area contributed by atoms with E-state index in [-0.39, 0.29) is 23.3 Å². The average Bonchev–Trinajstić information content (AvgIpc) is 2.67. The molecule has 1 atom stereocenters. The van der Waals surface area contributed by atoms with E-state index >= 15 is 0 Å². The molecule has 1 aliphatic heterocycles. The number of allylic oxidation sites excluding steroid dienone is 1. The van der Waals surface area contributed by atoms with Crippen LogP contribution in [-0.2, 0) is 0 Å². The van der Waals surface area contributed by atoms with Crippen molar-refractivity contribution in [2.24, 2.45) is 0 Å². The van der Waals surface area contributed by atoms with E-state index in [1.54, 1.807) is 11.8 Å². The van der Waals surface area contributed by atoms with Gasteiger partial charge in [-0.3, -0.25) is 4.79 Å². The van der Waals surface area contributed by atoms with E-state index < -0.39 is 28.0 Å². The minimum atomic E-state index is -4.66. The molecule has 1 saturated heterocycles. The Bertz CT molecular complexity index is 986. The van der Waals surface area contributed by atoms with Crippen LogP contribution in [-0.4, -0.2) is 36.7 Å². The molecule has 0 radical (unpaired) electrons. The Kier molecular flexibility index (Phi) is 7.44. The summed E-state index contributed by atoms with van der Waals surface area (Å²) in [6, 6.07) is 6.38. The summed E-state index contributed by atoms with van der Waals surface area (Å²) in [7, 11) is 1.37.